The van der Waals surface area contributed by atoms with Crippen LogP contribution < -0.4 is 0 Å². The van der Waals surface area contributed by atoms with Crippen LogP contribution in [0.5, 0.6) is 0 Å². The summed E-state index contributed by atoms with van der Waals surface area (Å²) < 4.78 is 25.1. The standard InChI is InChI=1S/C32H31NO7S/c1-20-27(40-31(36)21-12-4-2-5-13-21)28(39-25-18-10-11-19-37-25)26(32(38-20)41-22-14-6-3-7-15-22)33-29(34)23-16-8-9-17-24(23)30(33)35/h2-9,12-17,20,25-28,32H,10-11,18-19H2,1H3/t20-,25?,26-,27-,28-,32+/m1/s1. The first-order valence-corrected chi connectivity index (χ1v) is 14.8. The summed E-state index contributed by atoms with van der Waals surface area (Å²) in [5, 5.41) is 0. The molecule has 0 saturated carbocycles. The fourth-order valence-electron chi connectivity index (χ4n) is 5.54. The Kier molecular flexibility index (Phi) is 8.20. The van der Waals surface area contributed by atoms with E-state index in [-0.39, 0.29) is 0 Å². The van der Waals surface area contributed by atoms with E-state index in [0.717, 1.165) is 17.7 Å². The van der Waals surface area contributed by atoms with Gasteiger partial charge in [-0.05, 0) is 62.6 Å². The van der Waals surface area contributed by atoms with Gasteiger partial charge in [-0.1, -0.05) is 60.3 Å². The van der Waals surface area contributed by atoms with E-state index >= 15 is 0 Å². The minimum absolute atomic E-state index is 0.324. The highest BCUT2D eigenvalue weighted by Crippen LogP contribution is 2.41. The van der Waals surface area contributed by atoms with Crippen LogP contribution in [-0.2, 0) is 18.9 Å². The van der Waals surface area contributed by atoms with Gasteiger partial charge in [0.1, 0.15) is 17.6 Å². The molecule has 8 nitrogen and oxygen atoms in total. The Morgan fingerprint density at radius 1 is 0.854 bits per heavy atom. The van der Waals surface area contributed by atoms with Crippen molar-refractivity contribution in [2.24, 2.45) is 0 Å². The van der Waals surface area contributed by atoms with Gasteiger partial charge in [0.05, 0.1) is 22.8 Å². The summed E-state index contributed by atoms with van der Waals surface area (Å²) in [6, 6.07) is 24.2. The van der Waals surface area contributed by atoms with Gasteiger partial charge in [0.15, 0.2) is 12.4 Å². The number of nitrogens with zero attached hydrogens (tertiary/aromatic N) is 1. The number of rotatable bonds is 7. The van der Waals surface area contributed by atoms with E-state index in [4.69, 9.17) is 18.9 Å². The Morgan fingerprint density at radius 3 is 2.12 bits per heavy atom. The average molecular weight is 574 g/mol. The summed E-state index contributed by atoms with van der Waals surface area (Å²) in [7, 11) is 0. The van der Waals surface area contributed by atoms with Gasteiger partial charge in [0.25, 0.3) is 11.8 Å². The van der Waals surface area contributed by atoms with Crippen molar-refractivity contribution >= 4 is 29.5 Å². The SMILES string of the molecule is C[C@H]1O[C@@H](Sc2ccccc2)[C@H](N2C(=O)c3ccccc3C2=O)[C@@H](OC2CCCCO2)[C@@H]1OC(=O)c1ccccc1. The predicted octanol–water partition coefficient (Wildman–Crippen LogP) is 5.33. The van der Waals surface area contributed by atoms with Gasteiger partial charge in [-0.3, -0.25) is 14.5 Å². The number of hydrogen-bond donors (Lipinski definition) is 0. The lowest BCUT2D eigenvalue weighted by Gasteiger charge is -2.48. The molecule has 0 radical (unpaired) electrons. The minimum atomic E-state index is -0.921. The molecule has 1 unspecified atom stereocenters. The van der Waals surface area contributed by atoms with Crippen molar-refractivity contribution in [2.75, 3.05) is 6.61 Å². The Balaban J connectivity index is 1.41. The van der Waals surface area contributed by atoms with Gasteiger partial charge in [0, 0.05) is 11.5 Å². The summed E-state index contributed by atoms with van der Waals surface area (Å²) in [4.78, 5) is 43.1. The number of benzene rings is 3. The molecule has 6 rings (SSSR count). The first-order valence-electron chi connectivity index (χ1n) is 13.9. The molecular weight excluding hydrogens is 542 g/mol. The maximum Gasteiger partial charge on any atom is 0.338 e. The number of amides is 2. The molecule has 3 aromatic rings. The van der Waals surface area contributed by atoms with E-state index < -0.39 is 53.9 Å². The molecule has 0 spiro atoms. The predicted molar refractivity (Wildman–Crippen MR) is 151 cm³/mol. The third-order valence-corrected chi connectivity index (χ3v) is 8.74. The molecule has 212 valence electrons. The lowest BCUT2D eigenvalue weighted by molar-refractivity contribution is -0.253. The summed E-state index contributed by atoms with van der Waals surface area (Å²) in [6.45, 7) is 2.36. The molecule has 0 bridgehead atoms. The summed E-state index contributed by atoms with van der Waals surface area (Å²) in [5.41, 5.74) is 0.329. The molecule has 3 heterocycles. The van der Waals surface area contributed by atoms with E-state index in [1.165, 1.54) is 16.7 Å². The van der Waals surface area contributed by atoms with Crippen LogP contribution in [0.25, 0.3) is 0 Å². The van der Waals surface area contributed by atoms with E-state index in [9.17, 15) is 14.4 Å². The highest BCUT2D eigenvalue weighted by molar-refractivity contribution is 7.99. The molecule has 0 N–H and O–H groups in total. The van der Waals surface area contributed by atoms with Crippen LogP contribution in [0.4, 0.5) is 0 Å². The average Bonchev–Trinajstić information content (AvgIpc) is 3.26. The summed E-state index contributed by atoms with van der Waals surface area (Å²) in [5.74, 6) is -1.41. The second kappa shape index (κ2) is 12.2. The zero-order valence-corrected chi connectivity index (χ0v) is 23.4. The maximum absolute atomic E-state index is 13.8. The first-order chi connectivity index (χ1) is 20.0. The topological polar surface area (TPSA) is 91.4 Å². The van der Waals surface area contributed by atoms with Crippen molar-refractivity contribution < 1.29 is 33.3 Å². The number of carbonyl (C=O) groups excluding carboxylic acids is 3. The Hall–Kier alpha value is -3.50. The molecule has 2 amide bonds. The largest absolute Gasteiger partial charge is 0.453 e. The molecule has 2 saturated heterocycles. The zero-order valence-electron chi connectivity index (χ0n) is 22.6. The quantitative estimate of drug-likeness (QED) is 0.277. The second-order valence-corrected chi connectivity index (χ2v) is 11.5. The van der Waals surface area contributed by atoms with Gasteiger partial charge in [-0.15, -0.1) is 0 Å². The Bertz CT molecular complexity index is 1360. The van der Waals surface area contributed by atoms with Crippen LogP contribution in [0, 0.1) is 0 Å². The van der Waals surface area contributed by atoms with Gasteiger partial charge in [-0.2, -0.15) is 0 Å². The van der Waals surface area contributed by atoms with E-state index in [1.54, 1.807) is 48.5 Å². The van der Waals surface area contributed by atoms with Crippen molar-refractivity contribution in [3.8, 4) is 0 Å². The number of fused-ring (bicyclic) bond motifs is 1. The number of imide groups is 1. The number of hydrogen-bond acceptors (Lipinski definition) is 8. The van der Waals surface area contributed by atoms with Crippen molar-refractivity contribution in [2.45, 2.75) is 67.2 Å². The molecule has 3 aliphatic rings. The number of carbonyl (C=O) groups is 3. The van der Waals surface area contributed by atoms with Crippen molar-refractivity contribution in [3.05, 3.63) is 102 Å². The lowest BCUT2D eigenvalue weighted by atomic mass is 9.96. The van der Waals surface area contributed by atoms with Crippen molar-refractivity contribution in [3.63, 3.8) is 0 Å². The summed E-state index contributed by atoms with van der Waals surface area (Å²) >= 11 is 1.40. The minimum Gasteiger partial charge on any atom is -0.453 e. The molecule has 0 aromatic heterocycles. The smallest absolute Gasteiger partial charge is 0.338 e. The van der Waals surface area contributed by atoms with Crippen LogP contribution >= 0.6 is 11.8 Å². The van der Waals surface area contributed by atoms with Crippen LogP contribution in [0.15, 0.2) is 89.8 Å². The highest BCUT2D eigenvalue weighted by Gasteiger charge is 2.55. The van der Waals surface area contributed by atoms with Gasteiger partial charge >= 0.3 is 5.97 Å². The third kappa shape index (κ3) is 5.67. The molecule has 6 atom stereocenters. The molecule has 0 aliphatic carbocycles. The molecule has 2 fully saturated rings. The Morgan fingerprint density at radius 2 is 1.49 bits per heavy atom. The van der Waals surface area contributed by atoms with Crippen LogP contribution in [0.3, 0.4) is 0 Å². The van der Waals surface area contributed by atoms with E-state index in [0.29, 0.717) is 29.7 Å². The van der Waals surface area contributed by atoms with Crippen LogP contribution in [-0.4, -0.2) is 65.4 Å². The maximum atomic E-state index is 13.8. The number of thioether (sulfide) groups is 1. The normalized spacial score (nSPS) is 27.9. The van der Waals surface area contributed by atoms with Crippen LogP contribution in [0.1, 0.15) is 57.3 Å². The van der Waals surface area contributed by atoms with Crippen molar-refractivity contribution in [1.29, 1.82) is 0 Å². The third-order valence-electron chi connectivity index (χ3n) is 7.57. The van der Waals surface area contributed by atoms with E-state index in [1.807, 2.05) is 43.3 Å². The highest BCUT2D eigenvalue weighted by atomic mass is 32.2. The molecule has 41 heavy (non-hydrogen) atoms. The molecule has 3 aromatic carbocycles. The first kappa shape index (κ1) is 27.7. The lowest BCUT2D eigenvalue weighted by Crippen LogP contribution is -2.65. The molecule has 9 heteroatoms. The molecular formula is C32H31NO7S. The van der Waals surface area contributed by atoms with Crippen molar-refractivity contribution in [1.82, 2.24) is 4.90 Å². The Labute approximate surface area is 242 Å². The van der Waals surface area contributed by atoms with Crippen LogP contribution in [0.2, 0.25) is 0 Å². The number of ether oxygens (including phenoxy) is 4. The van der Waals surface area contributed by atoms with Gasteiger partial charge < -0.3 is 18.9 Å². The molecule has 3 aliphatic heterocycles. The van der Waals surface area contributed by atoms with Gasteiger partial charge in [-0.25, -0.2) is 4.79 Å². The monoisotopic (exact) mass is 573 g/mol. The number of esters is 1. The van der Waals surface area contributed by atoms with E-state index in [2.05, 4.69) is 0 Å². The fraction of sp³-hybridized carbons (Fsp3) is 0.344. The van der Waals surface area contributed by atoms with Gasteiger partial charge in [0.2, 0.25) is 0 Å². The second-order valence-electron chi connectivity index (χ2n) is 10.3. The fourth-order valence-corrected chi connectivity index (χ4v) is 6.77. The zero-order chi connectivity index (χ0) is 28.3. The summed E-state index contributed by atoms with van der Waals surface area (Å²) in [6.07, 6.45) is -0.520.